The molecule has 2 aliphatic carbocycles. The van der Waals surface area contributed by atoms with Crippen molar-refractivity contribution in [1.29, 1.82) is 0 Å². The molecule has 11 heteroatoms. The van der Waals surface area contributed by atoms with Gasteiger partial charge in [-0.15, -0.1) is 0 Å². The normalized spacial score (nSPS) is 26.8. The second kappa shape index (κ2) is 10.1. The van der Waals surface area contributed by atoms with Crippen LogP contribution in [-0.2, 0) is 38.1 Å². The van der Waals surface area contributed by atoms with Gasteiger partial charge in [-0.3, -0.25) is 8.98 Å². The molecule has 0 heterocycles. The van der Waals surface area contributed by atoms with Crippen molar-refractivity contribution in [3.63, 3.8) is 0 Å². The predicted molar refractivity (Wildman–Crippen MR) is 142 cm³/mol. The first-order chi connectivity index (χ1) is 17.5. The molecule has 2 aliphatic rings. The maximum atomic E-state index is 13.7. The van der Waals surface area contributed by atoms with Gasteiger partial charge in [-0.1, -0.05) is 17.7 Å². The Bertz CT molecular complexity index is 1220. The fraction of sp³-hybridized carbons (Fsp3) is 0.679. The van der Waals surface area contributed by atoms with Gasteiger partial charge in [0.15, 0.2) is 0 Å². The first-order valence-corrected chi connectivity index (χ1v) is 14.4. The first kappa shape index (κ1) is 30.9. The van der Waals surface area contributed by atoms with Crippen molar-refractivity contribution in [3.8, 4) is 0 Å². The fourth-order valence-electron chi connectivity index (χ4n) is 4.98. The first-order valence-electron chi connectivity index (χ1n) is 13.0. The van der Waals surface area contributed by atoms with Gasteiger partial charge in [0.2, 0.25) is 0 Å². The molecule has 1 aromatic carbocycles. The quantitative estimate of drug-likeness (QED) is 0.304. The summed E-state index contributed by atoms with van der Waals surface area (Å²) >= 11 is 0. The maximum Gasteiger partial charge on any atom is 0.408 e. The van der Waals surface area contributed by atoms with Gasteiger partial charge >= 0.3 is 18.0 Å². The van der Waals surface area contributed by atoms with Crippen LogP contribution in [0.4, 0.5) is 4.79 Å². The van der Waals surface area contributed by atoms with Gasteiger partial charge in [-0.2, -0.15) is 8.42 Å². The average molecular weight is 568 g/mol. The van der Waals surface area contributed by atoms with E-state index in [-0.39, 0.29) is 11.3 Å². The zero-order valence-electron chi connectivity index (χ0n) is 24.4. The van der Waals surface area contributed by atoms with Crippen LogP contribution in [0.2, 0.25) is 0 Å². The van der Waals surface area contributed by atoms with E-state index in [9.17, 15) is 22.8 Å². The Morgan fingerprint density at radius 2 is 1.36 bits per heavy atom. The summed E-state index contributed by atoms with van der Waals surface area (Å²) in [5, 5.41) is 2.66. The average Bonchev–Trinajstić information content (AvgIpc) is 3.38. The largest absolute Gasteiger partial charge is 0.460 e. The Kier molecular flexibility index (Phi) is 7.97. The molecule has 0 saturated heterocycles. The molecule has 3 rings (SSSR count). The zero-order chi connectivity index (χ0) is 29.8. The van der Waals surface area contributed by atoms with Gasteiger partial charge in [-0.05, 0) is 81.4 Å². The van der Waals surface area contributed by atoms with E-state index < -0.39 is 74.3 Å². The highest BCUT2D eigenvalue weighted by Gasteiger charge is 2.77. The minimum atomic E-state index is -4.27. The predicted octanol–water partition coefficient (Wildman–Crippen LogP) is 4.28. The molecule has 218 valence electrons. The topological polar surface area (TPSA) is 134 Å². The summed E-state index contributed by atoms with van der Waals surface area (Å²) in [6, 6.07) is 6.14. The number of hydrogen-bond acceptors (Lipinski definition) is 9. The molecule has 10 nitrogen and oxygen atoms in total. The van der Waals surface area contributed by atoms with Crippen molar-refractivity contribution in [2.75, 3.05) is 0 Å². The lowest BCUT2D eigenvalue weighted by atomic mass is 9.89. The fourth-order valence-corrected chi connectivity index (χ4v) is 6.08. The number of hydrogen-bond donors (Lipinski definition) is 1. The van der Waals surface area contributed by atoms with Gasteiger partial charge in [0.1, 0.15) is 22.3 Å². The Balaban J connectivity index is 2.04. The Hall–Kier alpha value is -2.66. The molecule has 1 N–H and O–H groups in total. The Labute approximate surface area is 231 Å². The third-order valence-electron chi connectivity index (χ3n) is 6.32. The second-order valence-electron chi connectivity index (χ2n) is 13.4. The molecule has 0 aliphatic heterocycles. The van der Waals surface area contributed by atoms with E-state index in [1.165, 1.54) is 12.1 Å². The summed E-state index contributed by atoms with van der Waals surface area (Å²) in [6.07, 6.45) is -2.24. The number of aryl methyl sites for hydroxylation is 1. The molecular weight excluding hydrogens is 526 g/mol. The van der Waals surface area contributed by atoms with Crippen LogP contribution < -0.4 is 5.32 Å². The molecule has 2 saturated carbocycles. The highest BCUT2D eigenvalue weighted by Crippen LogP contribution is 2.64. The number of esters is 2. The Morgan fingerprint density at radius 1 is 0.846 bits per heavy atom. The van der Waals surface area contributed by atoms with Crippen LogP contribution in [0.5, 0.6) is 0 Å². The van der Waals surface area contributed by atoms with Crippen LogP contribution in [0.1, 0.15) is 74.3 Å². The smallest absolute Gasteiger partial charge is 0.408 e. The van der Waals surface area contributed by atoms with Crippen molar-refractivity contribution in [2.45, 2.75) is 109 Å². The molecule has 0 bridgehead atoms. The summed E-state index contributed by atoms with van der Waals surface area (Å²) in [5.74, 6) is -3.87. The van der Waals surface area contributed by atoms with Crippen molar-refractivity contribution in [3.05, 3.63) is 29.8 Å². The number of alkyl carbamates (subject to hydrolysis) is 1. The lowest BCUT2D eigenvalue weighted by Gasteiger charge is -2.35. The van der Waals surface area contributed by atoms with Gasteiger partial charge in [0.05, 0.1) is 16.9 Å². The van der Waals surface area contributed by atoms with Gasteiger partial charge in [0, 0.05) is 18.3 Å². The van der Waals surface area contributed by atoms with Crippen LogP contribution in [-0.4, -0.2) is 54.9 Å². The third-order valence-corrected chi connectivity index (χ3v) is 7.67. The van der Waals surface area contributed by atoms with Crippen LogP contribution in [0.15, 0.2) is 29.2 Å². The van der Waals surface area contributed by atoms with E-state index in [0.717, 1.165) is 5.56 Å². The molecular formula is C28H41NO9S. The highest BCUT2D eigenvalue weighted by atomic mass is 32.2. The van der Waals surface area contributed by atoms with E-state index in [1.54, 1.807) is 74.4 Å². The lowest BCUT2D eigenvalue weighted by Crippen LogP contribution is -2.59. The van der Waals surface area contributed by atoms with Gasteiger partial charge < -0.3 is 19.5 Å². The summed E-state index contributed by atoms with van der Waals surface area (Å²) in [7, 11) is -4.27. The van der Waals surface area contributed by atoms with Crippen LogP contribution >= 0.6 is 0 Å². The van der Waals surface area contributed by atoms with Crippen LogP contribution in [0.3, 0.4) is 0 Å². The number of fused-ring (bicyclic) bond motifs is 1. The molecule has 0 aromatic heterocycles. The van der Waals surface area contributed by atoms with E-state index in [2.05, 4.69) is 5.32 Å². The highest BCUT2D eigenvalue weighted by molar-refractivity contribution is 7.86. The molecule has 1 aromatic rings. The molecule has 1 amide bonds. The number of carbonyl (C=O) groups excluding carboxylic acids is 3. The van der Waals surface area contributed by atoms with E-state index in [0.29, 0.717) is 0 Å². The summed E-state index contributed by atoms with van der Waals surface area (Å²) in [6.45, 7) is 17.0. The van der Waals surface area contributed by atoms with Crippen molar-refractivity contribution in [1.82, 2.24) is 5.32 Å². The molecule has 0 radical (unpaired) electrons. The van der Waals surface area contributed by atoms with Crippen LogP contribution in [0, 0.1) is 24.7 Å². The molecule has 39 heavy (non-hydrogen) atoms. The summed E-state index contributed by atoms with van der Waals surface area (Å²) in [5.41, 5.74) is -3.55. The molecule has 5 unspecified atom stereocenters. The standard InChI is InChI=1S/C28H41NO9S/c1-16-11-13-17(14-12-16)39(33,34)38-18-15-28(23(31)36-26(5,6)7,29-24(32)37-27(8,9)10)21-19(18)20(21)22(30)35-25(2,3)4/h11-14,18-21H,15H2,1-10H3,(H,29,32). The number of benzene rings is 1. The van der Waals surface area contributed by atoms with Crippen molar-refractivity contribution >= 4 is 28.1 Å². The lowest BCUT2D eigenvalue weighted by molar-refractivity contribution is -0.166. The Morgan fingerprint density at radius 3 is 1.85 bits per heavy atom. The zero-order valence-corrected chi connectivity index (χ0v) is 25.2. The number of ether oxygens (including phenoxy) is 3. The molecule has 2 fully saturated rings. The van der Waals surface area contributed by atoms with Crippen molar-refractivity contribution in [2.24, 2.45) is 17.8 Å². The number of amides is 1. The number of rotatable bonds is 6. The SMILES string of the molecule is Cc1ccc(S(=O)(=O)OC2CC(NC(=O)OC(C)(C)C)(C(=O)OC(C)(C)C)C3C(C(=O)OC(C)(C)C)C23)cc1. The third kappa shape index (κ3) is 7.30. The minimum Gasteiger partial charge on any atom is -0.460 e. The van der Waals surface area contributed by atoms with Crippen LogP contribution in [0.25, 0.3) is 0 Å². The van der Waals surface area contributed by atoms with E-state index in [4.69, 9.17) is 18.4 Å². The maximum absolute atomic E-state index is 13.7. The summed E-state index contributed by atoms with van der Waals surface area (Å²) < 4.78 is 48.8. The monoisotopic (exact) mass is 567 g/mol. The van der Waals surface area contributed by atoms with E-state index >= 15 is 0 Å². The van der Waals surface area contributed by atoms with Crippen molar-refractivity contribution < 1.29 is 41.2 Å². The minimum absolute atomic E-state index is 0.0611. The second-order valence-corrected chi connectivity index (χ2v) is 14.9. The van der Waals surface area contributed by atoms with Gasteiger partial charge in [-0.25, -0.2) is 9.59 Å². The molecule has 5 atom stereocenters. The summed E-state index contributed by atoms with van der Waals surface area (Å²) in [4.78, 5) is 39.9. The van der Waals surface area contributed by atoms with E-state index in [1.807, 2.05) is 6.92 Å². The number of nitrogens with one attached hydrogen (secondary N) is 1. The molecule has 0 spiro atoms. The van der Waals surface area contributed by atoms with Gasteiger partial charge in [0.25, 0.3) is 10.1 Å². The number of carbonyl (C=O) groups is 3.